The number of rotatable bonds is 8. The summed E-state index contributed by atoms with van der Waals surface area (Å²) in [6.07, 6.45) is 5.85. The average Bonchev–Trinajstić information content (AvgIpc) is 3.27. The van der Waals surface area contributed by atoms with Crippen molar-refractivity contribution in [2.24, 2.45) is 0 Å². The van der Waals surface area contributed by atoms with Gasteiger partial charge in [-0.3, -0.25) is 9.58 Å². The van der Waals surface area contributed by atoms with Crippen LogP contribution in [0.4, 0.5) is 17.6 Å². The van der Waals surface area contributed by atoms with Crippen LogP contribution in [0.2, 0.25) is 0 Å². The van der Waals surface area contributed by atoms with Gasteiger partial charge in [0.2, 0.25) is 0 Å². The summed E-state index contributed by atoms with van der Waals surface area (Å²) < 4.78 is 60.1. The van der Waals surface area contributed by atoms with E-state index in [1.54, 1.807) is 23.4 Å². The van der Waals surface area contributed by atoms with Crippen LogP contribution >= 0.6 is 0 Å². The van der Waals surface area contributed by atoms with Crippen molar-refractivity contribution in [1.29, 1.82) is 0 Å². The van der Waals surface area contributed by atoms with E-state index in [1.165, 1.54) is 18.5 Å². The molecule has 0 bridgehead atoms. The second-order valence-corrected chi connectivity index (χ2v) is 10.0. The zero-order chi connectivity index (χ0) is 26.9. The van der Waals surface area contributed by atoms with Gasteiger partial charge >= 0.3 is 5.97 Å². The molecular formula is C28H29F4N3O2. The first-order valence-corrected chi connectivity index (χ1v) is 12.0. The highest BCUT2D eigenvalue weighted by molar-refractivity contribution is 5.85. The molecule has 0 saturated carbocycles. The highest BCUT2D eigenvalue weighted by atomic mass is 19.1. The van der Waals surface area contributed by atoms with E-state index < -0.39 is 36.0 Å². The SMILES string of the molecule is C[C@@H]1Cc2cc(-c3cnn(CCF)c3)ccc2[C@@H](c2c(F)cc(/C=C/C(=O)O)cc2F)N1CC(C)(C)F. The summed E-state index contributed by atoms with van der Waals surface area (Å²) in [7, 11) is 0. The first kappa shape index (κ1) is 26.6. The lowest BCUT2D eigenvalue weighted by Crippen LogP contribution is -2.48. The number of hydrogen-bond donors (Lipinski definition) is 1. The Labute approximate surface area is 213 Å². The summed E-state index contributed by atoms with van der Waals surface area (Å²) in [6.45, 7) is 4.32. The third-order valence-electron chi connectivity index (χ3n) is 6.48. The first-order valence-electron chi connectivity index (χ1n) is 12.0. The molecule has 1 aliphatic rings. The van der Waals surface area contributed by atoms with E-state index in [-0.39, 0.29) is 30.3 Å². The van der Waals surface area contributed by atoms with Crippen molar-refractivity contribution in [3.8, 4) is 11.1 Å². The van der Waals surface area contributed by atoms with E-state index in [1.807, 2.05) is 19.1 Å². The van der Waals surface area contributed by atoms with Crippen LogP contribution in [0.5, 0.6) is 0 Å². The smallest absolute Gasteiger partial charge is 0.328 e. The molecule has 0 saturated heterocycles. The average molecular weight is 516 g/mol. The standard InChI is InChI=1S/C28H29F4N3O2/c1-17-10-20-13-19(21-14-33-34(15-21)9-8-29)5-6-22(20)27(35(17)16-28(2,3)32)26-23(30)11-18(12-24(26)31)4-7-25(36)37/h4-7,11-15,17,27H,8-10,16H2,1-3H3,(H,36,37)/b7-4+/t17-,27+/m1/s1. The molecule has 0 fully saturated rings. The second-order valence-electron chi connectivity index (χ2n) is 10.0. The van der Waals surface area contributed by atoms with Gasteiger partial charge in [-0.05, 0) is 67.7 Å². The molecule has 2 atom stereocenters. The predicted octanol–water partition coefficient (Wildman–Crippen LogP) is 5.98. The van der Waals surface area contributed by atoms with Crippen LogP contribution in [0.25, 0.3) is 17.2 Å². The zero-order valence-corrected chi connectivity index (χ0v) is 20.9. The van der Waals surface area contributed by atoms with Gasteiger partial charge in [-0.1, -0.05) is 18.2 Å². The largest absolute Gasteiger partial charge is 0.478 e. The van der Waals surface area contributed by atoms with Gasteiger partial charge in [0.1, 0.15) is 24.0 Å². The molecule has 9 heteroatoms. The number of aryl methyl sites for hydroxylation is 1. The van der Waals surface area contributed by atoms with Gasteiger partial charge < -0.3 is 5.11 Å². The maximum absolute atomic E-state index is 15.5. The van der Waals surface area contributed by atoms with E-state index in [0.717, 1.165) is 41.0 Å². The third kappa shape index (κ3) is 5.93. The quantitative estimate of drug-likeness (QED) is 0.296. The number of carboxylic acids is 1. The first-order chi connectivity index (χ1) is 17.5. The van der Waals surface area contributed by atoms with Gasteiger partial charge in [0.25, 0.3) is 0 Å². The van der Waals surface area contributed by atoms with Gasteiger partial charge in [0.15, 0.2) is 0 Å². The number of nitrogens with zero attached hydrogens (tertiary/aromatic N) is 3. The van der Waals surface area contributed by atoms with Crippen molar-refractivity contribution in [1.82, 2.24) is 14.7 Å². The molecule has 196 valence electrons. The van der Waals surface area contributed by atoms with Gasteiger partial charge in [-0.2, -0.15) is 5.10 Å². The number of benzene rings is 2. The van der Waals surface area contributed by atoms with Crippen LogP contribution in [0, 0.1) is 11.6 Å². The molecule has 4 rings (SSSR count). The third-order valence-corrected chi connectivity index (χ3v) is 6.48. The number of carbonyl (C=O) groups is 1. The van der Waals surface area contributed by atoms with Crippen molar-refractivity contribution in [3.05, 3.63) is 82.7 Å². The minimum atomic E-state index is -1.62. The second kappa shape index (κ2) is 10.5. The predicted molar refractivity (Wildman–Crippen MR) is 134 cm³/mol. The number of aliphatic carboxylic acids is 1. The molecule has 3 aromatic rings. The fraction of sp³-hybridized carbons (Fsp3) is 0.357. The topological polar surface area (TPSA) is 58.4 Å². The van der Waals surface area contributed by atoms with E-state index in [4.69, 9.17) is 5.11 Å². The fourth-order valence-corrected chi connectivity index (χ4v) is 4.95. The molecule has 1 aliphatic heterocycles. The summed E-state index contributed by atoms with van der Waals surface area (Å²) in [5.41, 5.74) is 1.40. The summed E-state index contributed by atoms with van der Waals surface area (Å²) in [5, 5.41) is 13.0. The Morgan fingerprint density at radius 1 is 1.19 bits per heavy atom. The highest BCUT2D eigenvalue weighted by Crippen LogP contribution is 2.42. The minimum Gasteiger partial charge on any atom is -0.478 e. The molecule has 0 spiro atoms. The molecule has 0 unspecified atom stereocenters. The summed E-state index contributed by atoms with van der Waals surface area (Å²) >= 11 is 0. The summed E-state index contributed by atoms with van der Waals surface area (Å²) in [5.74, 6) is -2.91. The van der Waals surface area contributed by atoms with E-state index in [0.29, 0.717) is 12.0 Å². The number of fused-ring (bicyclic) bond motifs is 1. The van der Waals surface area contributed by atoms with Crippen molar-refractivity contribution >= 4 is 12.0 Å². The molecule has 2 aromatic carbocycles. The zero-order valence-electron chi connectivity index (χ0n) is 20.9. The molecule has 1 N–H and O–H groups in total. The molecule has 5 nitrogen and oxygen atoms in total. The van der Waals surface area contributed by atoms with E-state index >= 15 is 8.78 Å². The van der Waals surface area contributed by atoms with Crippen LogP contribution in [-0.2, 0) is 17.8 Å². The molecule has 0 radical (unpaired) electrons. The van der Waals surface area contributed by atoms with Crippen LogP contribution in [0.1, 0.15) is 49.1 Å². The monoisotopic (exact) mass is 515 g/mol. The van der Waals surface area contributed by atoms with Gasteiger partial charge in [0, 0.05) is 36.0 Å². The Bertz CT molecular complexity index is 1310. The summed E-state index contributed by atoms with van der Waals surface area (Å²) in [4.78, 5) is 12.6. The lowest BCUT2D eigenvalue weighted by molar-refractivity contribution is -0.131. The van der Waals surface area contributed by atoms with E-state index in [9.17, 15) is 13.6 Å². The van der Waals surface area contributed by atoms with Crippen molar-refractivity contribution in [2.45, 2.75) is 51.5 Å². The van der Waals surface area contributed by atoms with Crippen molar-refractivity contribution < 1.29 is 27.5 Å². The maximum Gasteiger partial charge on any atom is 0.328 e. The molecule has 37 heavy (non-hydrogen) atoms. The number of halogens is 4. The van der Waals surface area contributed by atoms with Crippen molar-refractivity contribution in [2.75, 3.05) is 13.2 Å². The van der Waals surface area contributed by atoms with Crippen molar-refractivity contribution in [3.63, 3.8) is 0 Å². The lowest BCUT2D eigenvalue weighted by Gasteiger charge is -2.44. The highest BCUT2D eigenvalue weighted by Gasteiger charge is 2.39. The van der Waals surface area contributed by atoms with Crippen LogP contribution < -0.4 is 0 Å². The van der Waals surface area contributed by atoms with Crippen LogP contribution in [0.3, 0.4) is 0 Å². The van der Waals surface area contributed by atoms with Gasteiger partial charge in [-0.25, -0.2) is 22.4 Å². The molecule has 0 aliphatic carbocycles. The Morgan fingerprint density at radius 3 is 2.51 bits per heavy atom. The van der Waals surface area contributed by atoms with Gasteiger partial charge in [-0.15, -0.1) is 0 Å². The number of aromatic nitrogens is 2. The maximum atomic E-state index is 15.5. The Balaban J connectivity index is 1.82. The Kier molecular flexibility index (Phi) is 7.54. The Hall–Kier alpha value is -3.46. The van der Waals surface area contributed by atoms with Gasteiger partial charge in [0.05, 0.1) is 18.8 Å². The number of carboxylic acid groups (broad SMARTS) is 1. The Morgan fingerprint density at radius 2 is 1.89 bits per heavy atom. The molecule has 0 amide bonds. The lowest BCUT2D eigenvalue weighted by atomic mass is 9.82. The molecule has 1 aromatic heterocycles. The molecule has 2 heterocycles. The molecular weight excluding hydrogens is 486 g/mol. The minimum absolute atomic E-state index is 0.0461. The van der Waals surface area contributed by atoms with E-state index in [2.05, 4.69) is 5.10 Å². The number of hydrogen-bond acceptors (Lipinski definition) is 3. The van der Waals surface area contributed by atoms with Crippen LogP contribution in [0.15, 0.2) is 48.8 Å². The normalized spacial score (nSPS) is 18.4. The van der Waals surface area contributed by atoms with Crippen LogP contribution in [-0.4, -0.2) is 50.7 Å². The summed E-state index contributed by atoms with van der Waals surface area (Å²) in [6, 6.07) is 6.59. The fourth-order valence-electron chi connectivity index (χ4n) is 4.95. The number of alkyl halides is 2.